The molecule has 0 aliphatic heterocycles. The maximum Gasteiger partial charge on any atom is -0.0153 e. The quantitative estimate of drug-likeness (QED) is 0.553. The Morgan fingerprint density at radius 1 is 0.688 bits per heavy atom. The highest BCUT2D eigenvalue weighted by atomic mass is 14.4. The van der Waals surface area contributed by atoms with Gasteiger partial charge in [-0.3, -0.25) is 0 Å². The summed E-state index contributed by atoms with van der Waals surface area (Å²) in [6, 6.07) is 0. The molecule has 2 atom stereocenters. The van der Waals surface area contributed by atoms with E-state index in [4.69, 9.17) is 0 Å². The highest BCUT2D eigenvalue weighted by Gasteiger charge is 2.37. The first-order chi connectivity index (χ1) is 7.93. The van der Waals surface area contributed by atoms with Crippen molar-refractivity contribution in [2.45, 2.75) is 51.4 Å². The van der Waals surface area contributed by atoms with Crippen molar-refractivity contribution in [1.29, 1.82) is 0 Å². The van der Waals surface area contributed by atoms with Gasteiger partial charge in [0.05, 0.1) is 0 Å². The third kappa shape index (κ3) is 1.16. The standard InChI is InChI=1S/C16H20/c1-3-11-7-9-13-5-2-6-14-10-8-12(4-1)15(11)16(13)14/h3,5,12,14H,1-2,4,6-10H2. The van der Waals surface area contributed by atoms with Crippen molar-refractivity contribution in [3.63, 3.8) is 0 Å². The molecule has 4 aliphatic carbocycles. The molecule has 0 heterocycles. The minimum atomic E-state index is 0.938. The smallest absolute Gasteiger partial charge is 0.0153 e. The molecule has 0 spiro atoms. The minimum absolute atomic E-state index is 0.938. The van der Waals surface area contributed by atoms with Crippen LogP contribution in [-0.4, -0.2) is 0 Å². The first-order valence-electron chi connectivity index (χ1n) is 7.06. The lowest BCUT2D eigenvalue weighted by Crippen LogP contribution is -2.28. The Bertz CT molecular complexity index is 379. The van der Waals surface area contributed by atoms with Crippen LogP contribution in [0.3, 0.4) is 0 Å². The van der Waals surface area contributed by atoms with Crippen LogP contribution in [0.2, 0.25) is 0 Å². The third-order valence-corrected chi connectivity index (χ3v) is 5.14. The summed E-state index contributed by atoms with van der Waals surface area (Å²) in [5, 5.41) is 0. The largest absolute Gasteiger partial charge is 0.0810 e. The van der Waals surface area contributed by atoms with Crippen LogP contribution in [0.15, 0.2) is 34.4 Å². The molecule has 0 aromatic carbocycles. The van der Waals surface area contributed by atoms with Crippen molar-refractivity contribution >= 4 is 0 Å². The fourth-order valence-electron chi connectivity index (χ4n) is 4.46. The Hall–Kier alpha value is -0.780. The van der Waals surface area contributed by atoms with E-state index in [0.29, 0.717) is 0 Å². The fraction of sp³-hybridized carbons (Fsp3) is 0.625. The van der Waals surface area contributed by atoms with E-state index in [1.165, 1.54) is 51.4 Å². The molecule has 0 amide bonds. The van der Waals surface area contributed by atoms with Crippen LogP contribution in [0.5, 0.6) is 0 Å². The molecule has 0 saturated heterocycles. The Kier molecular flexibility index (Phi) is 1.94. The van der Waals surface area contributed by atoms with E-state index in [0.717, 1.165) is 11.8 Å². The number of hydrogen-bond donors (Lipinski definition) is 0. The molecule has 2 unspecified atom stereocenters. The Morgan fingerprint density at radius 2 is 1.19 bits per heavy atom. The van der Waals surface area contributed by atoms with Crippen LogP contribution in [0.25, 0.3) is 0 Å². The van der Waals surface area contributed by atoms with E-state index in [1.807, 2.05) is 11.1 Å². The zero-order valence-electron chi connectivity index (χ0n) is 9.97. The second-order valence-corrected chi connectivity index (χ2v) is 5.91. The molecule has 4 rings (SSSR count). The van der Waals surface area contributed by atoms with E-state index in [2.05, 4.69) is 12.2 Å². The van der Waals surface area contributed by atoms with Crippen molar-refractivity contribution in [2.24, 2.45) is 11.8 Å². The molecule has 0 N–H and O–H groups in total. The average molecular weight is 212 g/mol. The van der Waals surface area contributed by atoms with E-state index in [1.54, 1.807) is 11.1 Å². The maximum atomic E-state index is 2.55. The molecular formula is C16H20. The molecule has 0 nitrogen and oxygen atoms in total. The summed E-state index contributed by atoms with van der Waals surface area (Å²) in [4.78, 5) is 0. The van der Waals surface area contributed by atoms with Gasteiger partial charge in [-0.1, -0.05) is 12.2 Å². The van der Waals surface area contributed by atoms with Crippen molar-refractivity contribution in [2.75, 3.05) is 0 Å². The molecular weight excluding hydrogens is 192 g/mol. The summed E-state index contributed by atoms with van der Waals surface area (Å²) in [6.45, 7) is 0. The van der Waals surface area contributed by atoms with Gasteiger partial charge in [0, 0.05) is 0 Å². The van der Waals surface area contributed by atoms with Crippen molar-refractivity contribution in [1.82, 2.24) is 0 Å². The minimum Gasteiger partial charge on any atom is -0.0810 e. The summed E-state index contributed by atoms with van der Waals surface area (Å²) in [7, 11) is 0. The summed E-state index contributed by atoms with van der Waals surface area (Å²) in [5.41, 5.74) is 7.16. The summed E-state index contributed by atoms with van der Waals surface area (Å²) in [5.74, 6) is 1.88. The van der Waals surface area contributed by atoms with Gasteiger partial charge < -0.3 is 0 Å². The first-order valence-corrected chi connectivity index (χ1v) is 7.06. The molecule has 0 saturated carbocycles. The molecule has 0 bridgehead atoms. The molecule has 0 aromatic heterocycles. The lowest BCUT2D eigenvalue weighted by Gasteiger charge is -2.43. The lowest BCUT2D eigenvalue weighted by atomic mass is 9.62. The second-order valence-electron chi connectivity index (χ2n) is 5.91. The highest BCUT2D eigenvalue weighted by Crippen LogP contribution is 2.52. The van der Waals surface area contributed by atoms with Gasteiger partial charge in [0.2, 0.25) is 0 Å². The zero-order valence-corrected chi connectivity index (χ0v) is 9.97. The lowest BCUT2D eigenvalue weighted by molar-refractivity contribution is 0.369. The van der Waals surface area contributed by atoms with E-state index < -0.39 is 0 Å². The average Bonchev–Trinajstić information content (AvgIpc) is 2.36. The van der Waals surface area contributed by atoms with Crippen molar-refractivity contribution in [3.05, 3.63) is 34.4 Å². The van der Waals surface area contributed by atoms with Crippen LogP contribution >= 0.6 is 0 Å². The summed E-state index contributed by atoms with van der Waals surface area (Å²) < 4.78 is 0. The normalized spacial score (nSPS) is 36.5. The van der Waals surface area contributed by atoms with Crippen LogP contribution in [0.1, 0.15) is 51.4 Å². The zero-order chi connectivity index (χ0) is 10.5. The first kappa shape index (κ1) is 9.27. The van der Waals surface area contributed by atoms with Gasteiger partial charge in [-0.25, -0.2) is 0 Å². The van der Waals surface area contributed by atoms with E-state index in [9.17, 15) is 0 Å². The number of rotatable bonds is 0. The Balaban J connectivity index is 1.95. The van der Waals surface area contributed by atoms with Gasteiger partial charge in [0.1, 0.15) is 0 Å². The van der Waals surface area contributed by atoms with Gasteiger partial charge in [-0.2, -0.15) is 0 Å². The molecule has 84 valence electrons. The molecule has 0 heteroatoms. The SMILES string of the molecule is C1=C2CCC3=CCCC4CCC(CC1)C2=C34. The number of allylic oxidation sites excluding steroid dienone is 6. The van der Waals surface area contributed by atoms with Crippen LogP contribution < -0.4 is 0 Å². The summed E-state index contributed by atoms with van der Waals surface area (Å²) in [6.07, 6.45) is 16.3. The third-order valence-electron chi connectivity index (χ3n) is 5.14. The van der Waals surface area contributed by atoms with Crippen LogP contribution in [0, 0.1) is 11.8 Å². The molecule has 0 fully saturated rings. The van der Waals surface area contributed by atoms with Crippen molar-refractivity contribution < 1.29 is 0 Å². The second kappa shape index (κ2) is 3.35. The Morgan fingerprint density at radius 3 is 1.69 bits per heavy atom. The van der Waals surface area contributed by atoms with Gasteiger partial charge in [-0.05, 0) is 85.5 Å². The molecule has 0 aromatic rings. The predicted molar refractivity (Wildman–Crippen MR) is 67.1 cm³/mol. The molecule has 4 aliphatic rings. The Labute approximate surface area is 98.1 Å². The van der Waals surface area contributed by atoms with Crippen LogP contribution in [-0.2, 0) is 0 Å². The van der Waals surface area contributed by atoms with Crippen LogP contribution in [0.4, 0.5) is 0 Å². The van der Waals surface area contributed by atoms with Gasteiger partial charge in [-0.15, -0.1) is 0 Å². The summed E-state index contributed by atoms with van der Waals surface area (Å²) >= 11 is 0. The van der Waals surface area contributed by atoms with Gasteiger partial charge in [0.25, 0.3) is 0 Å². The number of hydrogen-bond acceptors (Lipinski definition) is 0. The topological polar surface area (TPSA) is 0 Å². The van der Waals surface area contributed by atoms with E-state index in [-0.39, 0.29) is 0 Å². The van der Waals surface area contributed by atoms with Gasteiger partial charge >= 0.3 is 0 Å². The maximum absolute atomic E-state index is 2.55. The monoisotopic (exact) mass is 212 g/mol. The van der Waals surface area contributed by atoms with Gasteiger partial charge in [0.15, 0.2) is 0 Å². The molecule has 16 heavy (non-hydrogen) atoms. The van der Waals surface area contributed by atoms with Crippen molar-refractivity contribution in [3.8, 4) is 0 Å². The van der Waals surface area contributed by atoms with E-state index >= 15 is 0 Å². The molecule has 0 radical (unpaired) electrons. The highest BCUT2D eigenvalue weighted by molar-refractivity contribution is 5.54. The fourth-order valence-corrected chi connectivity index (χ4v) is 4.46. The predicted octanol–water partition coefficient (Wildman–Crippen LogP) is 4.54.